The molecule has 4 rings (SSSR count). The summed E-state index contributed by atoms with van der Waals surface area (Å²) in [5.41, 5.74) is 2.09. The molecule has 1 unspecified atom stereocenters. The number of amides is 1. The summed E-state index contributed by atoms with van der Waals surface area (Å²) in [7, 11) is 0. The van der Waals surface area contributed by atoms with Gasteiger partial charge in [0.2, 0.25) is 5.91 Å². The second-order valence-corrected chi connectivity index (χ2v) is 7.35. The Morgan fingerprint density at radius 1 is 1.24 bits per heavy atom. The highest BCUT2D eigenvalue weighted by Gasteiger charge is 2.23. The van der Waals surface area contributed by atoms with Gasteiger partial charge in [0.1, 0.15) is 0 Å². The van der Waals surface area contributed by atoms with Crippen molar-refractivity contribution >= 4 is 22.2 Å². The summed E-state index contributed by atoms with van der Waals surface area (Å²) in [5.74, 6) is 0.0332. The third-order valence-corrected chi connectivity index (χ3v) is 5.51. The van der Waals surface area contributed by atoms with Crippen LogP contribution in [0.4, 0.5) is 0 Å². The molecule has 1 saturated heterocycles. The highest BCUT2D eigenvalue weighted by Crippen LogP contribution is 2.24. The molecule has 1 N–H and O–H groups in total. The summed E-state index contributed by atoms with van der Waals surface area (Å²) in [6.07, 6.45) is 6.70. The maximum atomic E-state index is 12.4. The first-order valence-electron chi connectivity index (χ1n) is 8.76. The van der Waals surface area contributed by atoms with Gasteiger partial charge in [-0.15, -0.1) is 11.3 Å². The number of nitrogens with one attached hydrogen (secondary N) is 1. The molecule has 0 aliphatic carbocycles. The van der Waals surface area contributed by atoms with Crippen LogP contribution in [-0.4, -0.2) is 39.8 Å². The van der Waals surface area contributed by atoms with Crippen LogP contribution in [0.3, 0.4) is 0 Å². The summed E-state index contributed by atoms with van der Waals surface area (Å²) < 4.78 is 1.96. The quantitative estimate of drug-likeness (QED) is 0.740. The van der Waals surface area contributed by atoms with Crippen LogP contribution >= 0.6 is 11.3 Å². The fraction of sp³-hybridized carbons (Fsp3) is 0.368. The van der Waals surface area contributed by atoms with Crippen LogP contribution < -0.4 is 5.32 Å². The van der Waals surface area contributed by atoms with Crippen LogP contribution in [0.1, 0.15) is 30.1 Å². The van der Waals surface area contributed by atoms with Crippen molar-refractivity contribution in [2.75, 3.05) is 19.6 Å². The summed E-state index contributed by atoms with van der Waals surface area (Å²) >= 11 is 1.58. The topological polar surface area (TPSA) is 49.6 Å². The van der Waals surface area contributed by atoms with Crippen molar-refractivity contribution in [2.24, 2.45) is 0 Å². The molecule has 0 saturated carbocycles. The van der Waals surface area contributed by atoms with E-state index in [0.29, 0.717) is 13.0 Å². The monoisotopic (exact) mass is 354 g/mol. The maximum absolute atomic E-state index is 12.4. The van der Waals surface area contributed by atoms with Gasteiger partial charge >= 0.3 is 0 Å². The highest BCUT2D eigenvalue weighted by atomic mass is 32.1. The van der Waals surface area contributed by atoms with E-state index in [4.69, 9.17) is 0 Å². The fourth-order valence-corrected chi connectivity index (χ4v) is 4.20. The van der Waals surface area contributed by atoms with Gasteiger partial charge in [0.05, 0.1) is 18.2 Å². The van der Waals surface area contributed by atoms with Crippen molar-refractivity contribution in [3.05, 3.63) is 59.4 Å². The molecule has 3 heterocycles. The molecule has 0 spiro atoms. The standard InChI is InChI=1S/C19H22N4OS/c24-18(12-16-14-23-10-11-25-19(23)21-16)20-13-17(22-8-4-5-9-22)15-6-2-1-3-7-15/h1-3,6-7,10-11,14,17H,4-5,8-9,12-13H2,(H,20,24). The Hall–Kier alpha value is -2.18. The lowest BCUT2D eigenvalue weighted by atomic mass is 10.1. The molecule has 25 heavy (non-hydrogen) atoms. The highest BCUT2D eigenvalue weighted by molar-refractivity contribution is 7.15. The van der Waals surface area contributed by atoms with Crippen molar-refractivity contribution < 1.29 is 4.79 Å². The Balaban J connectivity index is 1.39. The van der Waals surface area contributed by atoms with Crippen LogP contribution in [0.2, 0.25) is 0 Å². The van der Waals surface area contributed by atoms with Gasteiger partial charge in [-0.2, -0.15) is 0 Å². The SMILES string of the molecule is O=C(Cc1cn2ccsc2n1)NCC(c1ccccc1)N1CCCC1. The van der Waals surface area contributed by atoms with E-state index in [9.17, 15) is 4.79 Å². The molecule has 1 aliphatic rings. The molecule has 6 heteroatoms. The van der Waals surface area contributed by atoms with Gasteiger partial charge in [0.15, 0.2) is 4.96 Å². The zero-order valence-corrected chi connectivity index (χ0v) is 14.9. The summed E-state index contributed by atoms with van der Waals surface area (Å²) in [4.78, 5) is 20.3. The van der Waals surface area contributed by atoms with E-state index in [-0.39, 0.29) is 11.9 Å². The van der Waals surface area contributed by atoms with E-state index in [1.54, 1.807) is 11.3 Å². The van der Waals surface area contributed by atoms with E-state index < -0.39 is 0 Å². The number of thiazole rings is 1. The number of aromatic nitrogens is 2. The zero-order chi connectivity index (χ0) is 17.1. The van der Waals surface area contributed by atoms with E-state index in [0.717, 1.165) is 23.7 Å². The molecule has 1 fully saturated rings. The van der Waals surface area contributed by atoms with Crippen molar-refractivity contribution in [1.82, 2.24) is 19.6 Å². The second kappa shape index (κ2) is 7.37. The lowest BCUT2D eigenvalue weighted by Gasteiger charge is -2.28. The minimum atomic E-state index is 0.0332. The Morgan fingerprint density at radius 2 is 2.04 bits per heavy atom. The number of nitrogens with zero attached hydrogens (tertiary/aromatic N) is 3. The average molecular weight is 354 g/mol. The Bertz CT molecular complexity index is 807. The minimum Gasteiger partial charge on any atom is -0.354 e. The third kappa shape index (κ3) is 3.75. The predicted molar refractivity (Wildman–Crippen MR) is 99.8 cm³/mol. The van der Waals surface area contributed by atoms with Gasteiger partial charge in [-0.3, -0.25) is 14.1 Å². The Labute approximate surface area is 151 Å². The number of hydrogen-bond donors (Lipinski definition) is 1. The average Bonchev–Trinajstić information content (AvgIpc) is 3.33. The minimum absolute atomic E-state index is 0.0332. The molecule has 3 aromatic rings. The normalized spacial score (nSPS) is 16.3. The molecule has 2 aromatic heterocycles. The maximum Gasteiger partial charge on any atom is 0.226 e. The number of fused-ring (bicyclic) bond motifs is 1. The van der Waals surface area contributed by atoms with E-state index in [1.807, 2.05) is 28.2 Å². The fourth-order valence-electron chi connectivity index (χ4n) is 3.48. The predicted octanol–water partition coefficient (Wildman–Crippen LogP) is 2.89. The van der Waals surface area contributed by atoms with E-state index in [1.165, 1.54) is 18.4 Å². The molecule has 1 aromatic carbocycles. The molecule has 1 amide bonds. The van der Waals surface area contributed by atoms with Crippen LogP contribution in [0.15, 0.2) is 48.1 Å². The number of carbonyl (C=O) groups is 1. The first-order valence-corrected chi connectivity index (χ1v) is 9.64. The van der Waals surface area contributed by atoms with Crippen LogP contribution in [-0.2, 0) is 11.2 Å². The van der Waals surface area contributed by atoms with Crippen LogP contribution in [0.25, 0.3) is 4.96 Å². The van der Waals surface area contributed by atoms with Gasteiger partial charge in [0.25, 0.3) is 0 Å². The van der Waals surface area contributed by atoms with Crippen LogP contribution in [0, 0.1) is 0 Å². The van der Waals surface area contributed by atoms with E-state index in [2.05, 4.69) is 39.5 Å². The second-order valence-electron chi connectivity index (χ2n) is 6.48. The first kappa shape index (κ1) is 16.3. The van der Waals surface area contributed by atoms with Gasteiger partial charge in [0, 0.05) is 24.3 Å². The number of rotatable bonds is 6. The molecular weight excluding hydrogens is 332 g/mol. The van der Waals surface area contributed by atoms with Crippen LogP contribution in [0.5, 0.6) is 0 Å². The number of benzene rings is 1. The number of likely N-dealkylation sites (tertiary alicyclic amines) is 1. The number of carbonyl (C=O) groups excluding carboxylic acids is 1. The molecule has 0 radical (unpaired) electrons. The van der Waals surface area contributed by atoms with E-state index >= 15 is 0 Å². The van der Waals surface area contributed by atoms with Gasteiger partial charge < -0.3 is 5.32 Å². The molecular formula is C19H22N4OS. The molecule has 1 aliphatic heterocycles. The Morgan fingerprint density at radius 3 is 2.80 bits per heavy atom. The molecule has 1 atom stereocenters. The van der Waals surface area contributed by atoms with Gasteiger partial charge in [-0.05, 0) is 31.5 Å². The lowest BCUT2D eigenvalue weighted by molar-refractivity contribution is -0.120. The molecule has 0 bridgehead atoms. The Kier molecular flexibility index (Phi) is 4.81. The molecule has 130 valence electrons. The van der Waals surface area contributed by atoms with Crippen molar-refractivity contribution in [1.29, 1.82) is 0 Å². The van der Waals surface area contributed by atoms with Crippen molar-refractivity contribution in [3.8, 4) is 0 Å². The summed E-state index contributed by atoms with van der Waals surface area (Å²) in [5, 5.41) is 5.11. The summed E-state index contributed by atoms with van der Waals surface area (Å²) in [6.45, 7) is 2.85. The largest absolute Gasteiger partial charge is 0.354 e. The van der Waals surface area contributed by atoms with Crippen molar-refractivity contribution in [2.45, 2.75) is 25.3 Å². The third-order valence-electron chi connectivity index (χ3n) is 4.74. The number of hydrogen-bond acceptors (Lipinski definition) is 4. The van der Waals surface area contributed by atoms with Gasteiger partial charge in [-0.25, -0.2) is 4.98 Å². The smallest absolute Gasteiger partial charge is 0.226 e. The lowest BCUT2D eigenvalue weighted by Crippen LogP contribution is -2.37. The van der Waals surface area contributed by atoms with Crippen molar-refractivity contribution in [3.63, 3.8) is 0 Å². The van der Waals surface area contributed by atoms with Gasteiger partial charge in [-0.1, -0.05) is 30.3 Å². The molecule has 5 nitrogen and oxygen atoms in total. The first-order chi connectivity index (χ1) is 12.3. The summed E-state index contributed by atoms with van der Waals surface area (Å²) in [6, 6.07) is 10.7. The zero-order valence-electron chi connectivity index (χ0n) is 14.1. The number of imidazole rings is 1.